The molecule has 1 aromatic heterocycles. The monoisotopic (exact) mass is 382 g/mol. The Morgan fingerprint density at radius 1 is 1.00 bits per heavy atom. The van der Waals surface area contributed by atoms with E-state index >= 15 is 0 Å². The van der Waals surface area contributed by atoms with Crippen molar-refractivity contribution >= 4 is 34.2 Å². The summed E-state index contributed by atoms with van der Waals surface area (Å²) in [4.78, 5) is 8.03. The molecular weight excluding hydrogens is 367 g/mol. The molecule has 0 bridgehead atoms. The Morgan fingerprint density at radius 3 is 2.73 bits per heavy atom. The van der Waals surface area contributed by atoms with Crippen molar-refractivity contribution in [1.82, 2.24) is 9.97 Å². The average Bonchev–Trinajstić information content (AvgIpc) is 3.04. The van der Waals surface area contributed by atoms with Crippen molar-refractivity contribution in [3.8, 4) is 17.1 Å². The first-order valence-electron chi connectivity index (χ1n) is 8.22. The number of hydrogen-bond donors (Lipinski definition) is 1. The number of ether oxygens (including phenoxy) is 1. The molecule has 4 rings (SSSR count). The van der Waals surface area contributed by atoms with Crippen LogP contribution < -0.4 is 4.74 Å². The smallest absolute Gasteiger partial charge is 0.138 e. The second kappa shape index (κ2) is 7.02. The number of benzene rings is 3. The highest BCUT2D eigenvalue weighted by atomic mass is 35.5. The Morgan fingerprint density at radius 2 is 1.88 bits per heavy atom. The summed E-state index contributed by atoms with van der Waals surface area (Å²) in [5, 5.41) is 1.21. The summed E-state index contributed by atoms with van der Waals surface area (Å²) in [5.41, 5.74) is 5.04. The lowest BCUT2D eigenvalue weighted by molar-refractivity contribution is 0.306. The fraction of sp³-hybridized carbons (Fsp3) is 0.0952. The minimum absolute atomic E-state index is 0.374. The van der Waals surface area contributed by atoms with Crippen LogP contribution in [0.15, 0.2) is 60.7 Å². The maximum Gasteiger partial charge on any atom is 0.138 e. The molecule has 0 saturated carbocycles. The van der Waals surface area contributed by atoms with Crippen LogP contribution in [0.25, 0.3) is 22.4 Å². The third-order valence-corrected chi connectivity index (χ3v) is 4.74. The third-order valence-electron chi connectivity index (χ3n) is 4.15. The molecule has 0 fully saturated rings. The van der Waals surface area contributed by atoms with Gasteiger partial charge < -0.3 is 9.72 Å². The van der Waals surface area contributed by atoms with Crippen LogP contribution in [-0.2, 0) is 6.61 Å². The zero-order chi connectivity index (χ0) is 18.1. The maximum absolute atomic E-state index is 6.20. The van der Waals surface area contributed by atoms with Gasteiger partial charge in [0.25, 0.3) is 0 Å². The highest BCUT2D eigenvalue weighted by Crippen LogP contribution is 2.26. The number of aromatic amines is 1. The van der Waals surface area contributed by atoms with Gasteiger partial charge in [-0.2, -0.15) is 0 Å². The van der Waals surface area contributed by atoms with Crippen LogP contribution in [0.2, 0.25) is 10.0 Å². The zero-order valence-corrected chi connectivity index (χ0v) is 15.6. The molecule has 3 aromatic carbocycles. The standard InChI is InChI=1S/C21H16Cl2N2O/c1-13-5-8-19-20(9-13)25-21(24-19)14-3-2-4-17(10-14)26-12-15-6-7-16(22)11-18(15)23/h2-11H,12H2,1H3,(H,24,25). The summed E-state index contributed by atoms with van der Waals surface area (Å²) in [5.74, 6) is 1.57. The number of imidazole rings is 1. The van der Waals surface area contributed by atoms with Crippen LogP contribution >= 0.6 is 23.2 Å². The number of aryl methyl sites for hydroxylation is 1. The summed E-state index contributed by atoms with van der Waals surface area (Å²) in [6, 6.07) is 19.4. The van der Waals surface area contributed by atoms with Crippen molar-refractivity contribution in [3.05, 3.63) is 81.8 Å². The van der Waals surface area contributed by atoms with Crippen LogP contribution in [0.3, 0.4) is 0 Å². The van der Waals surface area contributed by atoms with E-state index in [0.717, 1.165) is 33.7 Å². The Labute approximate surface area is 161 Å². The molecule has 0 amide bonds. The topological polar surface area (TPSA) is 37.9 Å². The highest BCUT2D eigenvalue weighted by Gasteiger charge is 2.08. The minimum atomic E-state index is 0.374. The van der Waals surface area contributed by atoms with E-state index in [1.54, 1.807) is 12.1 Å². The largest absolute Gasteiger partial charge is 0.489 e. The first-order valence-corrected chi connectivity index (χ1v) is 8.97. The molecule has 3 nitrogen and oxygen atoms in total. The zero-order valence-electron chi connectivity index (χ0n) is 14.1. The van der Waals surface area contributed by atoms with Gasteiger partial charge in [0.15, 0.2) is 0 Å². The molecular formula is C21H16Cl2N2O. The van der Waals surface area contributed by atoms with Crippen molar-refractivity contribution in [2.75, 3.05) is 0 Å². The molecule has 0 aliphatic carbocycles. The van der Waals surface area contributed by atoms with Gasteiger partial charge >= 0.3 is 0 Å². The van der Waals surface area contributed by atoms with Crippen LogP contribution in [0.5, 0.6) is 5.75 Å². The van der Waals surface area contributed by atoms with Gasteiger partial charge in [0, 0.05) is 21.2 Å². The number of H-pyrrole nitrogens is 1. The van der Waals surface area contributed by atoms with Gasteiger partial charge in [0.05, 0.1) is 11.0 Å². The van der Waals surface area contributed by atoms with Crippen molar-refractivity contribution in [1.29, 1.82) is 0 Å². The van der Waals surface area contributed by atoms with Crippen LogP contribution in [-0.4, -0.2) is 9.97 Å². The average molecular weight is 383 g/mol. The molecule has 5 heteroatoms. The molecule has 4 aromatic rings. The van der Waals surface area contributed by atoms with Gasteiger partial charge in [0.2, 0.25) is 0 Å². The predicted octanol–water partition coefficient (Wildman–Crippen LogP) is 6.42. The van der Waals surface area contributed by atoms with Gasteiger partial charge in [-0.05, 0) is 48.9 Å². The van der Waals surface area contributed by atoms with E-state index in [2.05, 4.69) is 29.0 Å². The second-order valence-electron chi connectivity index (χ2n) is 6.16. The first-order chi connectivity index (χ1) is 12.6. The third kappa shape index (κ3) is 3.55. The van der Waals surface area contributed by atoms with E-state index in [9.17, 15) is 0 Å². The number of hydrogen-bond acceptors (Lipinski definition) is 2. The minimum Gasteiger partial charge on any atom is -0.489 e. The summed E-state index contributed by atoms with van der Waals surface area (Å²) in [6.07, 6.45) is 0. The van der Waals surface area contributed by atoms with Crippen LogP contribution in [0.4, 0.5) is 0 Å². The maximum atomic E-state index is 6.20. The Hall–Kier alpha value is -2.49. The van der Waals surface area contributed by atoms with Crippen molar-refractivity contribution in [3.63, 3.8) is 0 Å². The lowest BCUT2D eigenvalue weighted by Gasteiger charge is -2.09. The molecule has 1 N–H and O–H groups in total. The SMILES string of the molecule is Cc1ccc2nc(-c3cccc(OCc4ccc(Cl)cc4Cl)c3)[nH]c2c1. The van der Waals surface area contributed by atoms with Gasteiger partial charge in [-0.25, -0.2) is 4.98 Å². The molecule has 26 heavy (non-hydrogen) atoms. The van der Waals surface area contributed by atoms with Crippen LogP contribution in [0, 0.1) is 6.92 Å². The van der Waals surface area contributed by atoms with E-state index in [4.69, 9.17) is 27.9 Å². The number of aromatic nitrogens is 2. The molecule has 0 unspecified atom stereocenters. The number of fused-ring (bicyclic) bond motifs is 1. The Bertz CT molecular complexity index is 1090. The summed E-state index contributed by atoms with van der Waals surface area (Å²) in [7, 11) is 0. The van der Waals surface area contributed by atoms with Crippen LogP contribution in [0.1, 0.15) is 11.1 Å². The number of halogens is 2. The lowest BCUT2D eigenvalue weighted by Crippen LogP contribution is -1.96. The van der Waals surface area contributed by atoms with E-state index in [1.165, 1.54) is 5.56 Å². The number of rotatable bonds is 4. The van der Waals surface area contributed by atoms with Gasteiger partial charge in [-0.1, -0.05) is 47.5 Å². The summed E-state index contributed by atoms with van der Waals surface area (Å²) in [6.45, 7) is 2.44. The Balaban J connectivity index is 1.57. The molecule has 0 aliphatic heterocycles. The molecule has 130 valence electrons. The van der Waals surface area contributed by atoms with E-state index in [1.807, 2.05) is 36.4 Å². The first kappa shape index (κ1) is 17.0. The number of nitrogens with zero attached hydrogens (tertiary/aromatic N) is 1. The van der Waals surface area contributed by atoms with Gasteiger partial charge in [-0.15, -0.1) is 0 Å². The fourth-order valence-electron chi connectivity index (χ4n) is 2.79. The number of nitrogens with one attached hydrogen (secondary N) is 1. The quantitative estimate of drug-likeness (QED) is 0.441. The molecule has 0 atom stereocenters. The summed E-state index contributed by atoms with van der Waals surface area (Å²) < 4.78 is 5.90. The lowest BCUT2D eigenvalue weighted by atomic mass is 10.2. The molecule has 0 spiro atoms. The molecule has 0 radical (unpaired) electrons. The van der Waals surface area contributed by atoms with Gasteiger partial charge in [0.1, 0.15) is 18.2 Å². The Kier molecular flexibility index (Phi) is 4.58. The molecule has 1 heterocycles. The molecule has 0 saturated heterocycles. The second-order valence-corrected chi connectivity index (χ2v) is 7.00. The predicted molar refractivity (Wildman–Crippen MR) is 107 cm³/mol. The normalized spacial score (nSPS) is 11.0. The van der Waals surface area contributed by atoms with E-state index in [0.29, 0.717) is 16.7 Å². The molecule has 0 aliphatic rings. The van der Waals surface area contributed by atoms with Gasteiger partial charge in [-0.3, -0.25) is 0 Å². The highest BCUT2D eigenvalue weighted by molar-refractivity contribution is 6.35. The van der Waals surface area contributed by atoms with Crippen molar-refractivity contribution in [2.24, 2.45) is 0 Å². The van der Waals surface area contributed by atoms with E-state index in [-0.39, 0.29) is 0 Å². The fourth-order valence-corrected chi connectivity index (χ4v) is 3.26. The summed E-state index contributed by atoms with van der Waals surface area (Å²) >= 11 is 12.1. The van der Waals surface area contributed by atoms with Crippen molar-refractivity contribution < 1.29 is 4.74 Å². The van der Waals surface area contributed by atoms with Crippen molar-refractivity contribution in [2.45, 2.75) is 13.5 Å². The van der Waals surface area contributed by atoms with E-state index < -0.39 is 0 Å².